The van der Waals surface area contributed by atoms with E-state index >= 15 is 0 Å². The quantitative estimate of drug-likeness (QED) is 0.356. The Hall–Kier alpha value is -3.16. The fraction of sp³-hybridized carbons (Fsp3) is 0.400. The average molecular weight is 381 g/mol. The van der Waals surface area contributed by atoms with Gasteiger partial charge in [-0.25, -0.2) is 14.7 Å². The number of aryl methyl sites for hydroxylation is 3. The molecule has 0 fully saturated rings. The summed E-state index contributed by atoms with van der Waals surface area (Å²) in [5, 5.41) is 15.4. The number of aliphatic imine (C=N–C) groups is 1. The molecule has 3 aromatic rings. The van der Waals surface area contributed by atoms with E-state index in [4.69, 9.17) is 0 Å². The van der Waals surface area contributed by atoms with Crippen molar-refractivity contribution in [1.29, 1.82) is 0 Å². The first-order valence-electron chi connectivity index (χ1n) is 9.64. The van der Waals surface area contributed by atoms with E-state index in [1.54, 1.807) is 17.1 Å². The Morgan fingerprint density at radius 3 is 2.79 bits per heavy atom. The van der Waals surface area contributed by atoms with Gasteiger partial charge in [-0.1, -0.05) is 0 Å². The monoisotopic (exact) mass is 380 g/mol. The number of rotatable bonds is 8. The maximum atomic E-state index is 4.69. The highest BCUT2D eigenvalue weighted by molar-refractivity contribution is 5.79. The Morgan fingerprint density at radius 1 is 1.18 bits per heavy atom. The van der Waals surface area contributed by atoms with Crippen LogP contribution in [-0.2, 0) is 13.1 Å². The van der Waals surface area contributed by atoms with Gasteiger partial charge in [0.2, 0.25) is 0 Å². The van der Waals surface area contributed by atoms with Gasteiger partial charge in [0, 0.05) is 43.9 Å². The number of aromatic nitrogens is 5. The number of hydrogen-bond acceptors (Lipinski definition) is 4. The lowest BCUT2D eigenvalue weighted by atomic mass is 10.2. The summed E-state index contributed by atoms with van der Waals surface area (Å²) in [6.07, 6.45) is 6.39. The first kappa shape index (κ1) is 19.6. The minimum Gasteiger partial charge on any atom is -0.357 e. The van der Waals surface area contributed by atoms with Gasteiger partial charge in [-0.05, 0) is 57.0 Å². The molecule has 0 amide bonds. The lowest BCUT2D eigenvalue weighted by Crippen LogP contribution is -2.38. The molecule has 8 heteroatoms. The third-order valence-corrected chi connectivity index (χ3v) is 4.26. The zero-order valence-corrected chi connectivity index (χ0v) is 16.8. The molecule has 0 aliphatic carbocycles. The third kappa shape index (κ3) is 5.42. The molecule has 0 aromatic carbocycles. The van der Waals surface area contributed by atoms with Gasteiger partial charge in [-0.15, -0.1) is 0 Å². The topological polar surface area (TPSA) is 85.0 Å². The van der Waals surface area contributed by atoms with Crippen molar-refractivity contribution in [3.63, 3.8) is 0 Å². The first-order valence-corrected chi connectivity index (χ1v) is 9.64. The van der Waals surface area contributed by atoms with Crippen LogP contribution in [0, 0.1) is 13.8 Å². The van der Waals surface area contributed by atoms with Crippen molar-refractivity contribution in [2.45, 2.75) is 40.3 Å². The number of nitrogens with zero attached hydrogens (tertiary/aromatic N) is 6. The maximum Gasteiger partial charge on any atom is 0.191 e. The summed E-state index contributed by atoms with van der Waals surface area (Å²) in [6, 6.07) is 7.96. The van der Waals surface area contributed by atoms with E-state index in [9.17, 15) is 0 Å². The van der Waals surface area contributed by atoms with Crippen LogP contribution in [0.25, 0.3) is 5.82 Å². The predicted molar refractivity (Wildman–Crippen MR) is 110 cm³/mol. The molecule has 0 spiro atoms. The van der Waals surface area contributed by atoms with Crippen LogP contribution in [0.2, 0.25) is 0 Å². The van der Waals surface area contributed by atoms with E-state index in [2.05, 4.69) is 55.4 Å². The van der Waals surface area contributed by atoms with Gasteiger partial charge in [0.05, 0.1) is 12.2 Å². The van der Waals surface area contributed by atoms with Crippen LogP contribution >= 0.6 is 0 Å². The molecular formula is C20H28N8. The molecular weight excluding hydrogens is 352 g/mol. The van der Waals surface area contributed by atoms with Gasteiger partial charge in [0.1, 0.15) is 0 Å². The highest BCUT2D eigenvalue weighted by Gasteiger charge is 2.03. The lowest BCUT2D eigenvalue weighted by molar-refractivity contribution is 0.555. The van der Waals surface area contributed by atoms with Crippen LogP contribution in [0.15, 0.2) is 47.8 Å². The van der Waals surface area contributed by atoms with Crippen molar-refractivity contribution in [3.05, 3.63) is 59.8 Å². The largest absolute Gasteiger partial charge is 0.357 e. The predicted octanol–water partition coefficient (Wildman–Crippen LogP) is 2.23. The van der Waals surface area contributed by atoms with Crippen molar-refractivity contribution < 1.29 is 0 Å². The molecule has 148 valence electrons. The van der Waals surface area contributed by atoms with E-state index < -0.39 is 0 Å². The fourth-order valence-electron chi connectivity index (χ4n) is 2.94. The van der Waals surface area contributed by atoms with Gasteiger partial charge < -0.3 is 10.6 Å². The Kier molecular flexibility index (Phi) is 6.78. The van der Waals surface area contributed by atoms with Crippen molar-refractivity contribution in [2.75, 3.05) is 13.1 Å². The van der Waals surface area contributed by atoms with Crippen LogP contribution in [-0.4, -0.2) is 43.6 Å². The Bertz CT molecular complexity index is 895. The van der Waals surface area contributed by atoms with Gasteiger partial charge >= 0.3 is 0 Å². The minimum atomic E-state index is 0.573. The third-order valence-electron chi connectivity index (χ3n) is 4.26. The number of hydrogen-bond donors (Lipinski definition) is 2. The molecule has 3 aromatic heterocycles. The SMILES string of the molecule is CCNC(=NCc1ccnc(-n2cccn2)c1)NCCCn1nc(C)cc1C. The van der Waals surface area contributed by atoms with Crippen molar-refractivity contribution in [3.8, 4) is 5.82 Å². The molecule has 0 unspecified atom stereocenters. The molecule has 0 atom stereocenters. The molecule has 0 radical (unpaired) electrons. The van der Waals surface area contributed by atoms with E-state index in [-0.39, 0.29) is 0 Å². The lowest BCUT2D eigenvalue weighted by Gasteiger charge is -2.12. The maximum absolute atomic E-state index is 4.69. The van der Waals surface area contributed by atoms with Gasteiger partial charge in [-0.2, -0.15) is 10.2 Å². The van der Waals surface area contributed by atoms with Crippen LogP contribution in [0.1, 0.15) is 30.3 Å². The van der Waals surface area contributed by atoms with Gasteiger partial charge in [0.25, 0.3) is 0 Å². The summed E-state index contributed by atoms with van der Waals surface area (Å²) in [5.41, 5.74) is 3.34. The van der Waals surface area contributed by atoms with E-state index in [0.717, 1.165) is 49.1 Å². The van der Waals surface area contributed by atoms with Crippen molar-refractivity contribution in [1.82, 2.24) is 35.2 Å². The van der Waals surface area contributed by atoms with Crippen LogP contribution < -0.4 is 10.6 Å². The fourth-order valence-corrected chi connectivity index (χ4v) is 2.94. The van der Waals surface area contributed by atoms with Crippen molar-refractivity contribution in [2.24, 2.45) is 4.99 Å². The molecule has 0 saturated carbocycles. The second-order valence-electron chi connectivity index (χ2n) is 6.60. The summed E-state index contributed by atoms with van der Waals surface area (Å²) < 4.78 is 3.80. The van der Waals surface area contributed by atoms with E-state index in [1.807, 2.05) is 31.3 Å². The number of nitrogens with one attached hydrogen (secondary N) is 2. The summed E-state index contributed by atoms with van der Waals surface area (Å²) >= 11 is 0. The van der Waals surface area contributed by atoms with E-state index in [0.29, 0.717) is 6.54 Å². The zero-order chi connectivity index (χ0) is 19.8. The van der Waals surface area contributed by atoms with Crippen LogP contribution in [0.5, 0.6) is 0 Å². The van der Waals surface area contributed by atoms with E-state index in [1.165, 1.54) is 5.69 Å². The van der Waals surface area contributed by atoms with Gasteiger partial charge in [0.15, 0.2) is 11.8 Å². The molecule has 3 rings (SSSR count). The zero-order valence-electron chi connectivity index (χ0n) is 16.8. The molecule has 28 heavy (non-hydrogen) atoms. The summed E-state index contributed by atoms with van der Waals surface area (Å²) in [6.45, 7) is 9.29. The average Bonchev–Trinajstić information content (AvgIpc) is 3.33. The molecule has 0 aliphatic rings. The highest BCUT2D eigenvalue weighted by Crippen LogP contribution is 2.07. The normalized spacial score (nSPS) is 11.6. The molecule has 0 aliphatic heterocycles. The van der Waals surface area contributed by atoms with Crippen molar-refractivity contribution >= 4 is 5.96 Å². The number of pyridine rings is 1. The number of guanidine groups is 1. The molecule has 3 heterocycles. The molecule has 0 saturated heterocycles. The Morgan fingerprint density at radius 2 is 2.07 bits per heavy atom. The van der Waals surface area contributed by atoms with Crippen LogP contribution in [0.3, 0.4) is 0 Å². The summed E-state index contributed by atoms with van der Waals surface area (Å²) in [4.78, 5) is 9.04. The smallest absolute Gasteiger partial charge is 0.191 e. The highest BCUT2D eigenvalue weighted by atomic mass is 15.3. The molecule has 2 N–H and O–H groups in total. The second-order valence-corrected chi connectivity index (χ2v) is 6.60. The Balaban J connectivity index is 1.54. The van der Waals surface area contributed by atoms with Crippen LogP contribution in [0.4, 0.5) is 0 Å². The summed E-state index contributed by atoms with van der Waals surface area (Å²) in [5.74, 6) is 1.61. The second kappa shape index (κ2) is 9.68. The minimum absolute atomic E-state index is 0.573. The molecule has 0 bridgehead atoms. The summed E-state index contributed by atoms with van der Waals surface area (Å²) in [7, 11) is 0. The van der Waals surface area contributed by atoms with Gasteiger partial charge in [-0.3, -0.25) is 4.68 Å². The standard InChI is InChI=1S/C20H28N8/c1-4-21-20(23-8-5-11-27-17(3)13-16(2)26-27)24-15-18-7-10-22-19(14-18)28-12-6-9-25-28/h6-7,9-10,12-14H,4-5,8,11,15H2,1-3H3,(H2,21,23,24). The Labute approximate surface area is 165 Å². The first-order chi connectivity index (χ1) is 13.7. The molecule has 8 nitrogen and oxygen atoms in total.